The molecule has 6 rings (SSSR count). The quantitative estimate of drug-likeness (QED) is 0.0807. The molecule has 0 spiro atoms. The summed E-state index contributed by atoms with van der Waals surface area (Å²) in [7, 11) is 0. The Hall–Kier alpha value is -4.58. The molecule has 2 fully saturated rings. The number of hydrogen-bond acceptors (Lipinski definition) is 9. The Morgan fingerprint density at radius 1 is 0.750 bits per heavy atom. The van der Waals surface area contributed by atoms with E-state index in [0.29, 0.717) is 5.82 Å². The fourth-order valence-electron chi connectivity index (χ4n) is 5.00. The third-order valence-corrected chi connectivity index (χ3v) is 9.14. The van der Waals surface area contributed by atoms with E-state index in [2.05, 4.69) is 20.2 Å². The van der Waals surface area contributed by atoms with Gasteiger partial charge in [-0.15, -0.1) is 10.2 Å². The number of aromatic nitrogens is 6. The van der Waals surface area contributed by atoms with Crippen molar-refractivity contribution in [3.05, 3.63) is 70.2 Å². The number of carbonyl (C=O) groups excluding carboxylic acids is 1. The maximum absolute atomic E-state index is 12.9. The molecule has 4 aromatic rings. The van der Waals surface area contributed by atoms with Crippen LogP contribution in [0.25, 0.3) is 11.6 Å². The van der Waals surface area contributed by atoms with Crippen LogP contribution in [0.2, 0.25) is 10.3 Å². The number of carboxylic acid groups (broad SMARTS) is 1. The van der Waals surface area contributed by atoms with E-state index in [0.717, 1.165) is 0 Å². The van der Waals surface area contributed by atoms with Crippen LogP contribution < -0.4 is 9.47 Å². The second kappa shape index (κ2) is 15.2. The summed E-state index contributed by atoms with van der Waals surface area (Å²) in [5.41, 5.74) is -3.23. The van der Waals surface area contributed by atoms with Crippen molar-refractivity contribution in [1.29, 1.82) is 0 Å². The summed E-state index contributed by atoms with van der Waals surface area (Å²) < 4.78 is 95.3. The van der Waals surface area contributed by atoms with E-state index in [1.807, 2.05) is 0 Å². The first-order valence-corrected chi connectivity index (χ1v) is 16.5. The van der Waals surface area contributed by atoms with Gasteiger partial charge in [-0.3, -0.25) is 0 Å². The predicted octanol–water partition coefficient (Wildman–Crippen LogP) is 7.94. The second-order valence-corrected chi connectivity index (χ2v) is 12.7. The molecule has 52 heavy (non-hydrogen) atoms. The van der Waals surface area contributed by atoms with Crippen molar-refractivity contribution in [1.82, 2.24) is 29.5 Å². The zero-order valence-corrected chi connectivity index (χ0v) is 28.7. The molecule has 0 unspecified atom stereocenters. The van der Waals surface area contributed by atoms with Crippen molar-refractivity contribution < 1.29 is 55.2 Å². The summed E-state index contributed by atoms with van der Waals surface area (Å²) in [4.78, 5) is 30.6. The maximum atomic E-state index is 12.9. The molecule has 4 aromatic heterocycles. The Bertz CT molecular complexity index is 1910. The number of hydrogen-bond donors (Lipinski definition) is 1. The summed E-state index contributed by atoms with van der Waals surface area (Å²) in [5.74, 6) is -0.855. The monoisotopic (exact) mass is 778 g/mol. The van der Waals surface area contributed by atoms with Crippen molar-refractivity contribution >= 4 is 35.1 Å². The lowest BCUT2D eigenvalue weighted by Gasteiger charge is -2.18. The van der Waals surface area contributed by atoms with Crippen molar-refractivity contribution in [2.45, 2.75) is 57.8 Å². The highest BCUT2D eigenvalue weighted by Gasteiger charge is 2.63. The summed E-state index contributed by atoms with van der Waals surface area (Å²) in [6.45, 7) is 1.72. The minimum absolute atomic E-state index is 0.0372. The van der Waals surface area contributed by atoms with Crippen LogP contribution in [0.5, 0.6) is 11.8 Å². The summed E-state index contributed by atoms with van der Waals surface area (Å²) in [6.07, 6.45) is -5.03. The fourth-order valence-corrected chi connectivity index (χ4v) is 5.46. The molecular weight excluding hydrogens is 749 g/mol. The number of halogens is 8. The fraction of sp³-hybridized carbons (Fsp3) is 0.438. The Morgan fingerprint density at radius 2 is 1.17 bits per heavy atom. The van der Waals surface area contributed by atoms with E-state index >= 15 is 0 Å². The van der Waals surface area contributed by atoms with Gasteiger partial charge in [-0.2, -0.15) is 26.3 Å². The van der Waals surface area contributed by atoms with Gasteiger partial charge in [-0.25, -0.2) is 28.9 Å². The SMILES string of the molecule is CCOC(=O)c1ccc(-n2ccc(OCCC3(C(F)(F)F)CC3)n2)nc1Cl.O=C(O)c1ccc(-n2ccc(OCCC3(C(F)(F)F)CC3)n2)nc1Cl. The van der Waals surface area contributed by atoms with E-state index in [1.165, 1.54) is 58.2 Å². The number of nitrogens with zero attached hydrogens (tertiary/aromatic N) is 6. The molecule has 2 saturated carbocycles. The maximum Gasteiger partial charge on any atom is 0.394 e. The van der Waals surface area contributed by atoms with Crippen LogP contribution in [0, 0.1) is 10.8 Å². The number of carbonyl (C=O) groups is 2. The largest absolute Gasteiger partial charge is 0.478 e. The molecule has 0 amide bonds. The van der Waals surface area contributed by atoms with Crippen molar-refractivity contribution in [3.63, 3.8) is 0 Å². The van der Waals surface area contributed by atoms with Crippen LogP contribution in [0.3, 0.4) is 0 Å². The lowest BCUT2D eigenvalue weighted by Crippen LogP contribution is -2.26. The standard InChI is InChI=1S/C17H17ClF3N3O3.C15H13ClF3N3O3/c1-2-26-15(25)11-3-4-12(22-14(11)18)24-9-5-13(23-24)27-10-8-16(6-7-16)17(19,20)21;16-12-9(13(23)24)1-2-10(20-12)22-7-3-11(21-22)25-8-6-14(4-5-14)15(17,18)19/h3-5,9H,2,6-8,10H2,1H3;1-3,7H,4-6,8H2,(H,23,24). The molecule has 0 bridgehead atoms. The molecule has 2 aliphatic rings. The van der Waals surface area contributed by atoms with E-state index < -0.39 is 35.1 Å². The molecule has 20 heteroatoms. The van der Waals surface area contributed by atoms with E-state index in [-0.39, 0.29) is 97.4 Å². The summed E-state index contributed by atoms with van der Waals surface area (Å²) in [6, 6.07) is 8.68. The third kappa shape index (κ3) is 8.89. The van der Waals surface area contributed by atoms with Crippen LogP contribution in [-0.4, -0.2) is 78.7 Å². The number of carboxylic acids is 1. The molecule has 1 N–H and O–H groups in total. The Morgan fingerprint density at radius 3 is 1.52 bits per heavy atom. The van der Waals surface area contributed by atoms with Crippen molar-refractivity contribution in [2.75, 3.05) is 19.8 Å². The topological polar surface area (TPSA) is 143 Å². The lowest BCUT2D eigenvalue weighted by atomic mass is 10.0. The van der Waals surface area contributed by atoms with Crippen LogP contribution in [0.4, 0.5) is 26.3 Å². The number of ether oxygens (including phenoxy) is 3. The first-order chi connectivity index (χ1) is 24.5. The van der Waals surface area contributed by atoms with Gasteiger partial charge in [0.05, 0.1) is 41.8 Å². The highest BCUT2D eigenvalue weighted by molar-refractivity contribution is 6.32. The highest BCUT2D eigenvalue weighted by atomic mass is 35.5. The number of alkyl halides is 6. The van der Waals surface area contributed by atoms with Gasteiger partial charge >= 0.3 is 24.3 Å². The minimum Gasteiger partial charge on any atom is -0.478 e. The first kappa shape index (κ1) is 38.6. The number of aromatic carboxylic acids is 1. The molecule has 4 heterocycles. The lowest BCUT2D eigenvalue weighted by molar-refractivity contribution is -0.190. The second-order valence-electron chi connectivity index (χ2n) is 12.0. The van der Waals surface area contributed by atoms with Crippen LogP contribution in [0.1, 0.15) is 66.2 Å². The smallest absolute Gasteiger partial charge is 0.394 e. The zero-order chi connectivity index (χ0) is 37.9. The molecular formula is C32H30Cl2F6N6O6. The molecule has 0 saturated heterocycles. The van der Waals surface area contributed by atoms with Gasteiger partial charge in [0.25, 0.3) is 0 Å². The van der Waals surface area contributed by atoms with Gasteiger partial charge in [0.1, 0.15) is 10.3 Å². The van der Waals surface area contributed by atoms with Gasteiger partial charge in [0, 0.05) is 24.5 Å². The summed E-state index contributed by atoms with van der Waals surface area (Å²) in [5, 5.41) is 16.8. The predicted molar refractivity (Wildman–Crippen MR) is 171 cm³/mol. The molecule has 280 valence electrons. The van der Waals surface area contributed by atoms with Crippen LogP contribution >= 0.6 is 23.2 Å². The van der Waals surface area contributed by atoms with Gasteiger partial charge in [-0.1, -0.05) is 23.2 Å². The molecule has 0 aliphatic heterocycles. The van der Waals surface area contributed by atoms with E-state index in [1.54, 1.807) is 6.92 Å². The average Bonchev–Trinajstić information content (AvgIpc) is 3.94. The molecule has 2 aliphatic carbocycles. The third-order valence-electron chi connectivity index (χ3n) is 8.56. The Balaban J connectivity index is 0.000000202. The summed E-state index contributed by atoms with van der Waals surface area (Å²) >= 11 is 11.8. The normalized spacial score (nSPS) is 15.6. The average molecular weight is 780 g/mol. The van der Waals surface area contributed by atoms with Crippen molar-refractivity contribution in [2.24, 2.45) is 10.8 Å². The van der Waals surface area contributed by atoms with Gasteiger partial charge in [-0.05, 0) is 69.7 Å². The van der Waals surface area contributed by atoms with E-state index in [9.17, 15) is 35.9 Å². The molecule has 0 aromatic carbocycles. The van der Waals surface area contributed by atoms with Gasteiger partial charge in [0.2, 0.25) is 11.8 Å². The van der Waals surface area contributed by atoms with Gasteiger partial charge < -0.3 is 19.3 Å². The Labute approximate surface area is 301 Å². The Kier molecular flexibility index (Phi) is 11.3. The van der Waals surface area contributed by atoms with Crippen molar-refractivity contribution in [3.8, 4) is 23.4 Å². The van der Waals surface area contributed by atoms with Crippen LogP contribution in [-0.2, 0) is 4.74 Å². The number of esters is 1. The number of pyridine rings is 2. The highest BCUT2D eigenvalue weighted by Crippen LogP contribution is 2.60. The molecule has 12 nitrogen and oxygen atoms in total. The first-order valence-electron chi connectivity index (χ1n) is 15.7. The molecule has 0 atom stereocenters. The number of rotatable bonds is 13. The van der Waals surface area contributed by atoms with Gasteiger partial charge in [0.15, 0.2) is 11.6 Å². The molecule has 0 radical (unpaired) electrons. The van der Waals surface area contributed by atoms with E-state index in [4.69, 9.17) is 42.5 Å². The minimum atomic E-state index is -4.21. The zero-order valence-electron chi connectivity index (χ0n) is 27.2. The van der Waals surface area contributed by atoms with Crippen LogP contribution in [0.15, 0.2) is 48.8 Å².